The summed E-state index contributed by atoms with van der Waals surface area (Å²) in [5, 5.41) is 8.74. The van der Waals surface area contributed by atoms with Gasteiger partial charge in [0.15, 0.2) is 6.29 Å². The van der Waals surface area contributed by atoms with Crippen LogP contribution < -0.4 is 0 Å². The predicted octanol–water partition coefficient (Wildman–Crippen LogP) is 1.32. The Morgan fingerprint density at radius 2 is 2.31 bits per heavy atom. The molecule has 70 valence electrons. The van der Waals surface area contributed by atoms with Crippen LogP contribution in [0.25, 0.3) is 0 Å². The summed E-state index contributed by atoms with van der Waals surface area (Å²) in [6, 6.07) is 1.57. The van der Waals surface area contributed by atoms with Crippen LogP contribution in [0.2, 0.25) is 0 Å². The first-order valence-corrected chi connectivity index (χ1v) is 3.93. The highest BCUT2D eigenvalue weighted by Crippen LogP contribution is 2.20. The fraction of sp³-hybridized carbons (Fsp3) is 0.333. The third-order valence-electron chi connectivity index (χ3n) is 2.04. The van der Waals surface area contributed by atoms with Gasteiger partial charge in [0.1, 0.15) is 0 Å². The van der Waals surface area contributed by atoms with E-state index in [0.29, 0.717) is 17.5 Å². The van der Waals surface area contributed by atoms with Crippen LogP contribution in [0.1, 0.15) is 34.6 Å². The van der Waals surface area contributed by atoms with E-state index in [1.807, 2.05) is 0 Å². The molecule has 0 aliphatic heterocycles. The Bertz CT molecular complexity index is 341. The van der Waals surface area contributed by atoms with E-state index < -0.39 is 11.9 Å². The Morgan fingerprint density at radius 3 is 2.69 bits per heavy atom. The van der Waals surface area contributed by atoms with Gasteiger partial charge in [-0.2, -0.15) is 0 Å². The lowest BCUT2D eigenvalue weighted by atomic mass is 10.0. The van der Waals surface area contributed by atoms with E-state index in [0.717, 1.165) is 5.69 Å². The topological polar surface area (TPSA) is 70.2 Å². The standard InChI is InChI=1S/C9H11NO3/c1-5(9(12)13)8-3-7(4-11)10-6(8)2/h3-5,10H,1-2H3,(H,12,13). The monoisotopic (exact) mass is 181 g/mol. The van der Waals surface area contributed by atoms with Gasteiger partial charge >= 0.3 is 5.97 Å². The summed E-state index contributed by atoms with van der Waals surface area (Å²) in [5.41, 5.74) is 1.81. The van der Waals surface area contributed by atoms with Crippen molar-refractivity contribution in [3.63, 3.8) is 0 Å². The number of aliphatic carboxylic acids is 1. The maximum atomic E-state index is 10.6. The zero-order chi connectivity index (χ0) is 10.0. The molecule has 4 nitrogen and oxygen atoms in total. The molecule has 0 aliphatic carbocycles. The second kappa shape index (κ2) is 3.43. The van der Waals surface area contributed by atoms with Gasteiger partial charge in [-0.1, -0.05) is 0 Å². The van der Waals surface area contributed by atoms with Crippen molar-refractivity contribution < 1.29 is 14.7 Å². The number of carboxylic acids is 1. The number of aldehydes is 1. The van der Waals surface area contributed by atoms with Crippen molar-refractivity contribution in [2.75, 3.05) is 0 Å². The Labute approximate surface area is 75.6 Å². The van der Waals surface area contributed by atoms with Crippen LogP contribution in [0.15, 0.2) is 6.07 Å². The summed E-state index contributed by atoms with van der Waals surface area (Å²) < 4.78 is 0. The van der Waals surface area contributed by atoms with Crippen LogP contribution in [0, 0.1) is 6.92 Å². The molecule has 1 aromatic heterocycles. The number of carbonyl (C=O) groups excluding carboxylic acids is 1. The molecule has 0 spiro atoms. The molecule has 1 atom stereocenters. The highest BCUT2D eigenvalue weighted by Gasteiger charge is 2.17. The van der Waals surface area contributed by atoms with Crippen molar-refractivity contribution >= 4 is 12.3 Å². The highest BCUT2D eigenvalue weighted by molar-refractivity contribution is 5.78. The predicted molar refractivity (Wildman–Crippen MR) is 47.0 cm³/mol. The Morgan fingerprint density at radius 1 is 1.69 bits per heavy atom. The molecule has 2 N–H and O–H groups in total. The van der Waals surface area contributed by atoms with Gasteiger partial charge in [-0.3, -0.25) is 9.59 Å². The fourth-order valence-electron chi connectivity index (χ4n) is 1.25. The lowest BCUT2D eigenvalue weighted by Gasteiger charge is -2.03. The SMILES string of the molecule is Cc1[nH]c(C=O)cc1C(C)C(=O)O. The molecule has 1 unspecified atom stereocenters. The Kier molecular flexibility index (Phi) is 2.51. The normalized spacial score (nSPS) is 12.5. The molecule has 0 radical (unpaired) electrons. The van der Waals surface area contributed by atoms with Crippen LogP contribution in [0.4, 0.5) is 0 Å². The first-order valence-electron chi connectivity index (χ1n) is 3.93. The van der Waals surface area contributed by atoms with Crippen LogP contribution in [-0.2, 0) is 4.79 Å². The van der Waals surface area contributed by atoms with E-state index in [4.69, 9.17) is 5.11 Å². The summed E-state index contributed by atoms with van der Waals surface area (Å²) in [5.74, 6) is -1.47. The average Bonchev–Trinajstić information content (AvgIpc) is 2.45. The lowest BCUT2D eigenvalue weighted by molar-refractivity contribution is -0.138. The van der Waals surface area contributed by atoms with Crippen LogP contribution in [0.3, 0.4) is 0 Å². The summed E-state index contributed by atoms with van der Waals surface area (Å²) in [7, 11) is 0. The maximum Gasteiger partial charge on any atom is 0.310 e. The minimum absolute atomic E-state index is 0.417. The molecule has 13 heavy (non-hydrogen) atoms. The van der Waals surface area contributed by atoms with Gasteiger partial charge in [0.05, 0.1) is 11.6 Å². The van der Waals surface area contributed by atoms with E-state index in [9.17, 15) is 9.59 Å². The van der Waals surface area contributed by atoms with E-state index >= 15 is 0 Å². The van der Waals surface area contributed by atoms with Crippen LogP contribution in [0.5, 0.6) is 0 Å². The van der Waals surface area contributed by atoms with Crippen molar-refractivity contribution in [3.8, 4) is 0 Å². The number of H-pyrrole nitrogens is 1. The number of nitrogens with one attached hydrogen (secondary N) is 1. The molecule has 0 fully saturated rings. The third-order valence-corrected chi connectivity index (χ3v) is 2.04. The van der Waals surface area contributed by atoms with Crippen LogP contribution in [-0.4, -0.2) is 22.3 Å². The number of aryl methyl sites for hydroxylation is 1. The number of rotatable bonds is 3. The average molecular weight is 181 g/mol. The molecule has 0 amide bonds. The fourth-order valence-corrected chi connectivity index (χ4v) is 1.25. The van der Waals surface area contributed by atoms with Crippen LogP contribution >= 0.6 is 0 Å². The molecule has 0 saturated carbocycles. The van der Waals surface area contributed by atoms with Gasteiger partial charge in [-0.05, 0) is 25.5 Å². The largest absolute Gasteiger partial charge is 0.481 e. The lowest BCUT2D eigenvalue weighted by Crippen LogP contribution is -2.07. The van der Waals surface area contributed by atoms with Crippen molar-refractivity contribution in [1.29, 1.82) is 0 Å². The Balaban J connectivity index is 3.06. The number of aromatic nitrogens is 1. The van der Waals surface area contributed by atoms with Crippen molar-refractivity contribution in [3.05, 3.63) is 23.0 Å². The number of hydrogen-bond acceptors (Lipinski definition) is 2. The second-order valence-electron chi connectivity index (χ2n) is 2.98. The molecule has 0 aromatic carbocycles. The maximum absolute atomic E-state index is 10.6. The molecule has 4 heteroatoms. The van der Waals surface area contributed by atoms with Gasteiger partial charge < -0.3 is 10.1 Å². The zero-order valence-electron chi connectivity index (χ0n) is 7.50. The molecule has 0 saturated heterocycles. The minimum Gasteiger partial charge on any atom is -0.481 e. The van der Waals surface area contributed by atoms with Gasteiger partial charge in [0, 0.05) is 5.69 Å². The van der Waals surface area contributed by atoms with Gasteiger partial charge in [0.25, 0.3) is 0 Å². The molecule has 1 aromatic rings. The first kappa shape index (κ1) is 9.51. The summed E-state index contributed by atoms with van der Waals surface area (Å²) in [6.07, 6.45) is 0.672. The van der Waals surface area contributed by atoms with E-state index in [-0.39, 0.29) is 0 Å². The smallest absolute Gasteiger partial charge is 0.310 e. The summed E-state index contributed by atoms with van der Waals surface area (Å²) >= 11 is 0. The number of carboxylic acid groups (broad SMARTS) is 1. The molecule has 1 heterocycles. The molecule has 0 bridgehead atoms. The number of aromatic amines is 1. The molecule has 0 aliphatic rings. The van der Waals surface area contributed by atoms with E-state index in [2.05, 4.69) is 4.98 Å². The Hall–Kier alpha value is -1.58. The van der Waals surface area contributed by atoms with Crippen molar-refractivity contribution in [2.24, 2.45) is 0 Å². The highest BCUT2D eigenvalue weighted by atomic mass is 16.4. The number of hydrogen-bond donors (Lipinski definition) is 2. The minimum atomic E-state index is -0.889. The molecular formula is C9H11NO3. The quantitative estimate of drug-likeness (QED) is 0.691. The van der Waals surface area contributed by atoms with Gasteiger partial charge in [0.2, 0.25) is 0 Å². The van der Waals surface area contributed by atoms with E-state index in [1.54, 1.807) is 19.9 Å². The van der Waals surface area contributed by atoms with Crippen molar-refractivity contribution in [1.82, 2.24) is 4.98 Å². The van der Waals surface area contributed by atoms with Gasteiger partial charge in [-0.25, -0.2) is 0 Å². The summed E-state index contributed by atoms with van der Waals surface area (Å²) in [4.78, 5) is 23.8. The molecule has 1 rings (SSSR count). The number of carbonyl (C=O) groups is 2. The van der Waals surface area contributed by atoms with Crippen molar-refractivity contribution in [2.45, 2.75) is 19.8 Å². The third kappa shape index (κ3) is 1.77. The second-order valence-corrected chi connectivity index (χ2v) is 2.98. The summed E-state index contributed by atoms with van der Waals surface area (Å²) in [6.45, 7) is 3.34. The zero-order valence-corrected chi connectivity index (χ0v) is 7.50. The van der Waals surface area contributed by atoms with E-state index in [1.165, 1.54) is 0 Å². The van der Waals surface area contributed by atoms with Gasteiger partial charge in [-0.15, -0.1) is 0 Å². The molecular weight excluding hydrogens is 170 g/mol. The first-order chi connectivity index (χ1) is 6.06.